The minimum absolute atomic E-state index is 0.120. The summed E-state index contributed by atoms with van der Waals surface area (Å²) in [5.41, 5.74) is 2.53. The van der Waals surface area contributed by atoms with E-state index in [2.05, 4.69) is 37.6 Å². The second-order valence-electron chi connectivity index (χ2n) is 11.0. The van der Waals surface area contributed by atoms with Crippen LogP contribution in [-0.4, -0.2) is 82.4 Å². The molecule has 2 heterocycles. The Morgan fingerprint density at radius 1 is 1.00 bits per heavy atom. The number of fused-ring (bicyclic) bond motifs is 1. The van der Waals surface area contributed by atoms with Crippen molar-refractivity contribution in [1.29, 1.82) is 0 Å². The summed E-state index contributed by atoms with van der Waals surface area (Å²) in [6.07, 6.45) is 1.61. The number of likely N-dealkylation sites (N-methyl/N-ethyl adjacent to an activating group) is 2. The number of aromatic nitrogens is 2. The average molecular weight is 627 g/mol. The van der Waals surface area contributed by atoms with Gasteiger partial charge in [-0.2, -0.15) is 5.10 Å². The lowest BCUT2D eigenvalue weighted by molar-refractivity contribution is 0.0904. The SMILES string of the molecule is CCN(CCN(C)C)c1ccc(C(=O)Nc2n[nH]c3ccc(S(=O)(=O)c4cc(F)cc(F)c4)cc23)c(NC2CCOCC2)c1. The summed E-state index contributed by atoms with van der Waals surface area (Å²) in [6.45, 7) is 5.84. The summed E-state index contributed by atoms with van der Waals surface area (Å²) in [4.78, 5) is 17.4. The zero-order valence-corrected chi connectivity index (χ0v) is 25.7. The van der Waals surface area contributed by atoms with Crippen molar-refractivity contribution >= 4 is 43.8 Å². The second kappa shape index (κ2) is 13.3. The molecule has 0 radical (unpaired) electrons. The van der Waals surface area contributed by atoms with Crippen LogP contribution in [-0.2, 0) is 14.6 Å². The number of ether oxygens (including phenoxy) is 1. The Hall–Kier alpha value is -4.07. The molecular weight excluding hydrogens is 590 g/mol. The third-order valence-electron chi connectivity index (χ3n) is 7.62. The van der Waals surface area contributed by atoms with E-state index in [4.69, 9.17) is 4.74 Å². The first kappa shape index (κ1) is 31.4. The number of nitrogens with one attached hydrogen (secondary N) is 3. The van der Waals surface area contributed by atoms with Crippen molar-refractivity contribution in [3.05, 3.63) is 71.8 Å². The van der Waals surface area contributed by atoms with Crippen molar-refractivity contribution in [2.45, 2.75) is 35.6 Å². The van der Waals surface area contributed by atoms with Gasteiger partial charge in [0.15, 0.2) is 5.82 Å². The number of nitrogens with zero attached hydrogens (tertiary/aromatic N) is 3. The minimum atomic E-state index is -4.26. The molecule has 0 spiro atoms. The summed E-state index contributed by atoms with van der Waals surface area (Å²) in [5.74, 6) is -2.32. The number of hydrogen-bond donors (Lipinski definition) is 3. The lowest BCUT2D eigenvalue weighted by Crippen LogP contribution is -2.32. The fourth-order valence-corrected chi connectivity index (χ4v) is 6.48. The largest absolute Gasteiger partial charge is 0.381 e. The van der Waals surface area contributed by atoms with Crippen LogP contribution in [0.3, 0.4) is 0 Å². The zero-order valence-electron chi connectivity index (χ0n) is 24.9. The van der Waals surface area contributed by atoms with Crippen LogP contribution < -0.4 is 15.5 Å². The minimum Gasteiger partial charge on any atom is -0.381 e. The molecule has 0 saturated carbocycles. The van der Waals surface area contributed by atoms with Crippen LogP contribution in [0.15, 0.2) is 64.4 Å². The van der Waals surface area contributed by atoms with Crippen molar-refractivity contribution < 1.29 is 26.7 Å². The summed E-state index contributed by atoms with van der Waals surface area (Å²) in [6, 6.07) is 12.0. The van der Waals surface area contributed by atoms with Crippen molar-refractivity contribution in [1.82, 2.24) is 15.1 Å². The number of anilines is 3. The molecule has 1 aliphatic heterocycles. The second-order valence-corrected chi connectivity index (χ2v) is 12.9. The molecule has 44 heavy (non-hydrogen) atoms. The molecule has 0 unspecified atom stereocenters. The van der Waals surface area contributed by atoms with E-state index in [0.717, 1.165) is 50.3 Å². The first-order valence-electron chi connectivity index (χ1n) is 14.4. The van der Waals surface area contributed by atoms with Gasteiger partial charge in [0.1, 0.15) is 11.6 Å². The molecule has 1 aromatic heterocycles. The van der Waals surface area contributed by atoms with Crippen LogP contribution >= 0.6 is 0 Å². The van der Waals surface area contributed by atoms with E-state index in [1.165, 1.54) is 18.2 Å². The first-order chi connectivity index (χ1) is 21.0. The number of carbonyl (C=O) groups excluding carboxylic acids is 1. The molecule has 234 valence electrons. The average Bonchev–Trinajstić information content (AvgIpc) is 3.39. The van der Waals surface area contributed by atoms with Crippen LogP contribution in [0.1, 0.15) is 30.1 Å². The van der Waals surface area contributed by atoms with E-state index in [-0.39, 0.29) is 16.8 Å². The Labute approximate surface area is 255 Å². The molecule has 3 N–H and O–H groups in total. The fraction of sp³-hybridized carbons (Fsp3) is 0.355. The van der Waals surface area contributed by atoms with Gasteiger partial charge in [-0.05, 0) is 82.4 Å². The molecule has 0 aliphatic carbocycles. The summed E-state index contributed by atoms with van der Waals surface area (Å²) >= 11 is 0. The van der Waals surface area contributed by atoms with Gasteiger partial charge in [0.25, 0.3) is 5.91 Å². The summed E-state index contributed by atoms with van der Waals surface area (Å²) in [5, 5.41) is 13.7. The lowest BCUT2D eigenvalue weighted by Gasteiger charge is -2.28. The number of benzene rings is 3. The third-order valence-corrected chi connectivity index (χ3v) is 9.35. The van der Waals surface area contributed by atoms with E-state index in [1.807, 2.05) is 26.2 Å². The maximum Gasteiger partial charge on any atom is 0.258 e. The predicted octanol–water partition coefficient (Wildman–Crippen LogP) is 4.91. The molecule has 1 amide bonds. The van der Waals surface area contributed by atoms with Gasteiger partial charge >= 0.3 is 0 Å². The van der Waals surface area contributed by atoms with Crippen LogP contribution in [0.2, 0.25) is 0 Å². The highest BCUT2D eigenvalue weighted by molar-refractivity contribution is 7.91. The van der Waals surface area contributed by atoms with Crippen molar-refractivity contribution in [2.75, 3.05) is 62.5 Å². The lowest BCUT2D eigenvalue weighted by atomic mass is 10.1. The van der Waals surface area contributed by atoms with Gasteiger partial charge in [0.05, 0.1) is 20.9 Å². The standard InChI is InChI=1S/C31H36F2N6O4S/c1-4-39(12-11-38(2)3)23-5-7-26(29(18-23)34-22-9-13-43-14-10-22)31(40)35-30-27-19-24(6-8-28(27)36-37-30)44(41,42)25-16-20(32)15-21(33)17-25/h5-8,15-19,22,34H,4,9-14H2,1-3H3,(H2,35,36,37,40). The highest BCUT2D eigenvalue weighted by Gasteiger charge is 2.23. The molecule has 1 fully saturated rings. The first-order valence-corrected chi connectivity index (χ1v) is 15.9. The predicted molar refractivity (Wildman–Crippen MR) is 166 cm³/mol. The smallest absolute Gasteiger partial charge is 0.258 e. The number of hydrogen-bond acceptors (Lipinski definition) is 8. The summed E-state index contributed by atoms with van der Waals surface area (Å²) < 4.78 is 59.5. The van der Waals surface area contributed by atoms with Gasteiger partial charge in [-0.3, -0.25) is 9.89 Å². The Morgan fingerprint density at radius 2 is 1.73 bits per heavy atom. The van der Waals surface area contributed by atoms with Gasteiger partial charge in [-0.1, -0.05) is 0 Å². The molecule has 10 nitrogen and oxygen atoms in total. The molecule has 0 atom stereocenters. The van der Waals surface area contributed by atoms with Crippen LogP contribution in [0.5, 0.6) is 0 Å². The van der Waals surface area contributed by atoms with E-state index in [1.54, 1.807) is 6.07 Å². The summed E-state index contributed by atoms with van der Waals surface area (Å²) in [7, 11) is -0.211. The van der Waals surface area contributed by atoms with Gasteiger partial charge < -0.3 is 25.2 Å². The molecule has 4 aromatic rings. The van der Waals surface area contributed by atoms with Crippen LogP contribution in [0.25, 0.3) is 10.9 Å². The van der Waals surface area contributed by atoms with E-state index < -0.39 is 32.3 Å². The number of rotatable bonds is 11. The zero-order chi connectivity index (χ0) is 31.4. The van der Waals surface area contributed by atoms with Crippen LogP contribution in [0, 0.1) is 11.6 Å². The Morgan fingerprint density at radius 3 is 2.41 bits per heavy atom. The molecule has 0 bridgehead atoms. The molecule has 3 aromatic carbocycles. The fourth-order valence-electron chi connectivity index (χ4n) is 5.15. The molecule has 1 aliphatic rings. The Kier molecular flexibility index (Phi) is 9.47. The van der Waals surface area contributed by atoms with Crippen molar-refractivity contribution in [3.63, 3.8) is 0 Å². The van der Waals surface area contributed by atoms with Gasteiger partial charge in [0.2, 0.25) is 9.84 Å². The van der Waals surface area contributed by atoms with Crippen molar-refractivity contribution in [2.24, 2.45) is 0 Å². The molecule has 13 heteroatoms. The van der Waals surface area contributed by atoms with E-state index in [0.29, 0.717) is 41.4 Å². The molecular formula is C31H36F2N6O4S. The van der Waals surface area contributed by atoms with E-state index >= 15 is 0 Å². The number of amides is 1. The maximum atomic E-state index is 13.8. The van der Waals surface area contributed by atoms with Gasteiger partial charge in [-0.15, -0.1) is 0 Å². The topological polar surface area (TPSA) is 120 Å². The highest BCUT2D eigenvalue weighted by Crippen LogP contribution is 2.31. The van der Waals surface area contributed by atoms with Crippen LogP contribution in [0.4, 0.5) is 26.0 Å². The Balaban J connectivity index is 1.46. The maximum absolute atomic E-state index is 13.8. The van der Waals surface area contributed by atoms with E-state index in [9.17, 15) is 22.0 Å². The number of H-pyrrole nitrogens is 1. The number of sulfone groups is 1. The number of carbonyl (C=O) groups is 1. The number of halogens is 2. The third kappa shape index (κ3) is 7.01. The normalized spacial score (nSPS) is 14.2. The van der Waals surface area contributed by atoms with Gasteiger partial charge in [-0.25, -0.2) is 17.2 Å². The highest BCUT2D eigenvalue weighted by atomic mass is 32.2. The number of aromatic amines is 1. The molecule has 5 rings (SSSR count). The van der Waals surface area contributed by atoms with Gasteiger partial charge in [0, 0.05) is 61.7 Å². The Bertz CT molecular complexity index is 1740. The monoisotopic (exact) mass is 626 g/mol. The molecule has 1 saturated heterocycles. The quantitative estimate of drug-likeness (QED) is 0.215. The van der Waals surface area contributed by atoms with Crippen molar-refractivity contribution in [3.8, 4) is 0 Å².